The molecule has 0 saturated carbocycles. The number of para-hydroxylation sites is 1. The van der Waals surface area contributed by atoms with Crippen LogP contribution < -0.4 is 15.4 Å². The standard InChI is InChI=1S/C24H28N4O/c1-2-25-24(27-17-15-21-12-8-9-16-26-21)28-18-19-29-23-14-7-6-13-22(23)20-10-4-3-5-11-20/h3-14,16H,2,15,17-19H2,1H3,(H2,25,27,28). The molecule has 3 rings (SSSR count). The maximum absolute atomic E-state index is 6.04. The fourth-order valence-electron chi connectivity index (χ4n) is 2.95. The predicted octanol–water partition coefficient (Wildman–Crippen LogP) is 3.93. The van der Waals surface area contributed by atoms with E-state index in [0.717, 1.165) is 41.5 Å². The summed E-state index contributed by atoms with van der Waals surface area (Å²) in [7, 11) is 0. The van der Waals surface area contributed by atoms with E-state index in [0.29, 0.717) is 19.7 Å². The second-order valence-corrected chi connectivity index (χ2v) is 6.47. The van der Waals surface area contributed by atoms with Gasteiger partial charge >= 0.3 is 0 Å². The number of nitrogens with one attached hydrogen (secondary N) is 2. The second-order valence-electron chi connectivity index (χ2n) is 6.47. The van der Waals surface area contributed by atoms with Crippen molar-refractivity contribution in [2.24, 2.45) is 4.99 Å². The zero-order chi connectivity index (χ0) is 20.2. The quantitative estimate of drug-likeness (QED) is 0.331. The minimum Gasteiger partial charge on any atom is -0.491 e. The summed E-state index contributed by atoms with van der Waals surface area (Å²) in [4.78, 5) is 8.95. The van der Waals surface area contributed by atoms with Gasteiger partial charge in [0.2, 0.25) is 0 Å². The lowest BCUT2D eigenvalue weighted by molar-refractivity contribution is 0.323. The highest BCUT2D eigenvalue weighted by atomic mass is 16.5. The number of hydrogen-bond acceptors (Lipinski definition) is 3. The SMILES string of the molecule is CCNC(=NCCc1ccccn1)NCCOc1ccccc1-c1ccccc1. The van der Waals surface area contributed by atoms with Gasteiger partial charge in [0.05, 0.1) is 6.54 Å². The molecule has 0 aliphatic rings. The molecule has 3 aromatic rings. The molecular weight excluding hydrogens is 360 g/mol. The van der Waals surface area contributed by atoms with Gasteiger partial charge in [-0.1, -0.05) is 54.6 Å². The van der Waals surface area contributed by atoms with Gasteiger partial charge in [0.25, 0.3) is 0 Å². The highest BCUT2D eigenvalue weighted by molar-refractivity contribution is 5.79. The van der Waals surface area contributed by atoms with Crippen molar-refractivity contribution in [3.8, 4) is 16.9 Å². The minimum atomic E-state index is 0.550. The number of ether oxygens (including phenoxy) is 1. The van der Waals surface area contributed by atoms with Gasteiger partial charge in [-0.25, -0.2) is 0 Å². The number of aliphatic imine (C=N–C) groups is 1. The van der Waals surface area contributed by atoms with Crippen molar-refractivity contribution < 1.29 is 4.74 Å². The van der Waals surface area contributed by atoms with Crippen LogP contribution in [-0.2, 0) is 6.42 Å². The average molecular weight is 389 g/mol. The van der Waals surface area contributed by atoms with Crippen LogP contribution in [0.15, 0.2) is 84.0 Å². The van der Waals surface area contributed by atoms with Gasteiger partial charge in [-0.05, 0) is 30.7 Å². The van der Waals surface area contributed by atoms with Crippen LogP contribution in [0.1, 0.15) is 12.6 Å². The molecule has 0 radical (unpaired) electrons. The Morgan fingerprint density at radius 3 is 2.52 bits per heavy atom. The third kappa shape index (κ3) is 6.64. The van der Waals surface area contributed by atoms with Crippen LogP contribution in [-0.4, -0.2) is 37.2 Å². The van der Waals surface area contributed by atoms with Gasteiger partial charge in [-0.3, -0.25) is 9.98 Å². The van der Waals surface area contributed by atoms with Crippen molar-refractivity contribution in [1.82, 2.24) is 15.6 Å². The van der Waals surface area contributed by atoms with Gasteiger partial charge in [-0.2, -0.15) is 0 Å². The molecule has 0 aliphatic heterocycles. The molecule has 0 saturated heterocycles. The van der Waals surface area contributed by atoms with Crippen LogP contribution in [0.4, 0.5) is 0 Å². The Morgan fingerprint density at radius 2 is 1.72 bits per heavy atom. The molecule has 0 unspecified atom stereocenters. The van der Waals surface area contributed by atoms with E-state index in [1.54, 1.807) is 0 Å². The minimum absolute atomic E-state index is 0.550. The fourth-order valence-corrected chi connectivity index (χ4v) is 2.95. The first-order chi connectivity index (χ1) is 14.4. The largest absolute Gasteiger partial charge is 0.491 e. The third-order valence-electron chi connectivity index (χ3n) is 4.33. The molecule has 1 heterocycles. The lowest BCUT2D eigenvalue weighted by Crippen LogP contribution is -2.39. The van der Waals surface area contributed by atoms with Crippen molar-refractivity contribution in [1.29, 1.82) is 0 Å². The van der Waals surface area contributed by atoms with E-state index in [-0.39, 0.29) is 0 Å². The Kier molecular flexibility index (Phi) is 8.08. The maximum atomic E-state index is 6.04. The number of guanidine groups is 1. The van der Waals surface area contributed by atoms with Crippen molar-refractivity contribution >= 4 is 5.96 Å². The number of pyridine rings is 1. The van der Waals surface area contributed by atoms with Crippen molar-refractivity contribution in [2.75, 3.05) is 26.2 Å². The highest BCUT2D eigenvalue weighted by Crippen LogP contribution is 2.29. The maximum Gasteiger partial charge on any atom is 0.191 e. The van der Waals surface area contributed by atoms with E-state index in [1.807, 2.05) is 60.8 Å². The molecule has 150 valence electrons. The molecule has 0 spiro atoms. The zero-order valence-electron chi connectivity index (χ0n) is 16.8. The van der Waals surface area contributed by atoms with E-state index in [1.165, 1.54) is 0 Å². The number of hydrogen-bond donors (Lipinski definition) is 2. The van der Waals surface area contributed by atoms with Crippen LogP contribution in [0, 0.1) is 0 Å². The molecule has 2 aromatic carbocycles. The molecule has 0 bridgehead atoms. The summed E-state index contributed by atoms with van der Waals surface area (Å²) in [5, 5.41) is 6.60. The summed E-state index contributed by atoms with van der Waals surface area (Å²) in [6.45, 7) is 4.77. The van der Waals surface area contributed by atoms with Crippen molar-refractivity contribution in [3.05, 3.63) is 84.7 Å². The number of benzene rings is 2. The summed E-state index contributed by atoms with van der Waals surface area (Å²) < 4.78 is 6.04. The van der Waals surface area contributed by atoms with Crippen LogP contribution >= 0.6 is 0 Å². The number of nitrogens with zero attached hydrogens (tertiary/aromatic N) is 2. The molecule has 2 N–H and O–H groups in total. The highest BCUT2D eigenvalue weighted by Gasteiger charge is 2.05. The fraction of sp³-hybridized carbons (Fsp3) is 0.250. The third-order valence-corrected chi connectivity index (χ3v) is 4.33. The molecule has 0 atom stereocenters. The second kappa shape index (κ2) is 11.5. The van der Waals surface area contributed by atoms with Gasteiger partial charge < -0.3 is 15.4 Å². The van der Waals surface area contributed by atoms with Gasteiger partial charge in [0.15, 0.2) is 5.96 Å². The van der Waals surface area contributed by atoms with Gasteiger partial charge in [-0.15, -0.1) is 0 Å². The predicted molar refractivity (Wildman–Crippen MR) is 119 cm³/mol. The Balaban J connectivity index is 1.50. The first-order valence-electron chi connectivity index (χ1n) is 10.1. The lowest BCUT2D eigenvalue weighted by atomic mass is 10.1. The van der Waals surface area contributed by atoms with E-state index >= 15 is 0 Å². The van der Waals surface area contributed by atoms with Crippen molar-refractivity contribution in [2.45, 2.75) is 13.3 Å². The Bertz CT molecular complexity index is 882. The van der Waals surface area contributed by atoms with E-state index in [2.05, 4.69) is 45.7 Å². The molecule has 5 heteroatoms. The molecule has 5 nitrogen and oxygen atoms in total. The van der Waals surface area contributed by atoms with Crippen LogP contribution in [0.25, 0.3) is 11.1 Å². The summed E-state index contributed by atoms with van der Waals surface area (Å²) in [5.74, 6) is 1.68. The number of rotatable bonds is 9. The molecule has 0 amide bonds. The number of aromatic nitrogens is 1. The monoisotopic (exact) mass is 388 g/mol. The topological polar surface area (TPSA) is 58.5 Å². The average Bonchev–Trinajstić information content (AvgIpc) is 2.78. The summed E-state index contributed by atoms with van der Waals surface area (Å²) >= 11 is 0. The van der Waals surface area contributed by atoms with E-state index in [9.17, 15) is 0 Å². The first kappa shape index (κ1) is 20.4. The smallest absolute Gasteiger partial charge is 0.191 e. The molecule has 0 fully saturated rings. The Labute approximate surface area is 172 Å². The molecule has 0 aliphatic carbocycles. The lowest BCUT2D eigenvalue weighted by Gasteiger charge is -2.14. The summed E-state index contributed by atoms with van der Waals surface area (Å²) in [6, 6.07) is 24.4. The Morgan fingerprint density at radius 1 is 0.931 bits per heavy atom. The summed E-state index contributed by atoms with van der Waals surface area (Å²) in [6.07, 6.45) is 2.63. The van der Waals surface area contributed by atoms with Crippen LogP contribution in [0.2, 0.25) is 0 Å². The first-order valence-corrected chi connectivity index (χ1v) is 10.1. The molecular formula is C24H28N4O. The van der Waals surface area contributed by atoms with E-state index < -0.39 is 0 Å². The van der Waals surface area contributed by atoms with Crippen LogP contribution in [0.3, 0.4) is 0 Å². The molecule has 29 heavy (non-hydrogen) atoms. The normalized spacial score (nSPS) is 11.1. The van der Waals surface area contributed by atoms with Crippen LogP contribution in [0.5, 0.6) is 5.75 Å². The van der Waals surface area contributed by atoms with Gasteiger partial charge in [0.1, 0.15) is 12.4 Å². The molecule has 1 aromatic heterocycles. The zero-order valence-corrected chi connectivity index (χ0v) is 16.8. The van der Waals surface area contributed by atoms with Gasteiger partial charge in [0, 0.05) is 37.0 Å². The van der Waals surface area contributed by atoms with E-state index in [4.69, 9.17) is 4.74 Å². The Hall–Kier alpha value is -3.34. The van der Waals surface area contributed by atoms with Crippen molar-refractivity contribution in [3.63, 3.8) is 0 Å². The summed E-state index contributed by atoms with van der Waals surface area (Å²) in [5.41, 5.74) is 3.30.